The van der Waals surface area contributed by atoms with Crippen molar-refractivity contribution in [3.05, 3.63) is 89.6 Å². The molecule has 1 saturated heterocycles. The van der Waals surface area contributed by atoms with E-state index in [0.717, 1.165) is 69.7 Å². The highest BCUT2D eigenvalue weighted by Gasteiger charge is 2.21. The molecule has 9 heteroatoms. The van der Waals surface area contributed by atoms with Crippen LogP contribution in [0.2, 0.25) is 5.02 Å². The second-order valence-corrected chi connectivity index (χ2v) is 11.2. The standard InChI is InChI=1S/C30H29ClN4O3S/c31-26-9-5-4-8-25(26)27-17-24(38-33-27)19-35-14-12-34(13-15-35)18-22(36)20-37-23-10-11-29-28(16-23)32-30(39-29)21-6-2-1-3-7-21/h1-11,16-17,22,36H,12-15,18-20H2/t22-/m1/s1. The molecule has 0 unspecified atom stereocenters. The average Bonchev–Trinajstić information content (AvgIpc) is 3.61. The molecule has 200 valence electrons. The van der Waals surface area contributed by atoms with Gasteiger partial charge in [-0.2, -0.15) is 0 Å². The predicted molar refractivity (Wildman–Crippen MR) is 155 cm³/mol. The van der Waals surface area contributed by atoms with Crippen LogP contribution in [0.3, 0.4) is 0 Å². The third-order valence-electron chi connectivity index (χ3n) is 6.84. The molecular formula is C30H29ClN4O3S. The van der Waals surface area contributed by atoms with Gasteiger partial charge in [-0.1, -0.05) is 65.3 Å². The number of aliphatic hydroxyl groups excluding tert-OH is 1. The fraction of sp³-hybridized carbons (Fsp3) is 0.267. The van der Waals surface area contributed by atoms with E-state index in [9.17, 15) is 5.11 Å². The fourth-order valence-corrected chi connectivity index (χ4v) is 5.96. The number of β-amino-alcohol motifs (C(OH)–C–C–N with tert-alkyl or cyclic N) is 1. The van der Waals surface area contributed by atoms with Gasteiger partial charge in [-0.05, 0) is 18.2 Å². The van der Waals surface area contributed by atoms with Crippen LogP contribution in [0.15, 0.2) is 83.4 Å². The molecule has 6 rings (SSSR count). The topological polar surface area (TPSA) is 74.9 Å². The summed E-state index contributed by atoms with van der Waals surface area (Å²) in [5, 5.41) is 16.5. The number of nitrogens with zero attached hydrogens (tertiary/aromatic N) is 4. The summed E-state index contributed by atoms with van der Waals surface area (Å²) in [5.41, 5.74) is 3.65. The summed E-state index contributed by atoms with van der Waals surface area (Å²) in [6.45, 7) is 5.03. The van der Waals surface area contributed by atoms with Gasteiger partial charge in [-0.15, -0.1) is 11.3 Å². The Kier molecular flexibility index (Phi) is 7.90. The highest BCUT2D eigenvalue weighted by molar-refractivity contribution is 7.21. The molecule has 5 aromatic rings. The quantitative estimate of drug-likeness (QED) is 0.243. The normalized spacial score (nSPS) is 15.5. The maximum absolute atomic E-state index is 10.6. The van der Waals surface area contributed by atoms with Crippen LogP contribution in [0.1, 0.15) is 5.76 Å². The Morgan fingerprint density at radius 2 is 1.72 bits per heavy atom. The number of ether oxygens (including phenoxy) is 1. The van der Waals surface area contributed by atoms with Gasteiger partial charge in [0.25, 0.3) is 0 Å². The highest BCUT2D eigenvalue weighted by Crippen LogP contribution is 2.32. The molecule has 0 saturated carbocycles. The second kappa shape index (κ2) is 11.9. The van der Waals surface area contributed by atoms with Gasteiger partial charge in [0.1, 0.15) is 29.2 Å². The van der Waals surface area contributed by atoms with E-state index in [4.69, 9.17) is 25.8 Å². The minimum absolute atomic E-state index is 0.240. The first-order valence-electron chi connectivity index (χ1n) is 13.0. The summed E-state index contributed by atoms with van der Waals surface area (Å²) in [6, 6.07) is 25.7. The molecule has 0 spiro atoms. The first-order valence-corrected chi connectivity index (χ1v) is 14.2. The smallest absolute Gasteiger partial charge is 0.151 e. The molecule has 1 aliphatic rings. The molecule has 0 bridgehead atoms. The number of rotatable bonds is 9. The van der Waals surface area contributed by atoms with Crippen molar-refractivity contribution in [2.45, 2.75) is 12.6 Å². The average molecular weight is 561 g/mol. The van der Waals surface area contributed by atoms with Crippen LogP contribution in [0.4, 0.5) is 0 Å². The zero-order valence-electron chi connectivity index (χ0n) is 21.4. The summed E-state index contributed by atoms with van der Waals surface area (Å²) >= 11 is 7.96. The van der Waals surface area contributed by atoms with Crippen molar-refractivity contribution in [1.82, 2.24) is 19.9 Å². The van der Waals surface area contributed by atoms with E-state index in [-0.39, 0.29) is 6.61 Å². The summed E-state index contributed by atoms with van der Waals surface area (Å²) in [4.78, 5) is 9.38. The van der Waals surface area contributed by atoms with Crippen LogP contribution in [-0.4, -0.2) is 70.5 Å². The van der Waals surface area contributed by atoms with E-state index in [1.807, 2.05) is 66.7 Å². The number of aromatic nitrogens is 2. The number of hydrogen-bond donors (Lipinski definition) is 1. The van der Waals surface area contributed by atoms with Crippen LogP contribution in [0, 0.1) is 0 Å². The van der Waals surface area contributed by atoms with Gasteiger partial charge in [0.15, 0.2) is 5.76 Å². The highest BCUT2D eigenvalue weighted by atomic mass is 35.5. The molecule has 3 aromatic carbocycles. The second-order valence-electron chi connectivity index (χ2n) is 9.71. The maximum Gasteiger partial charge on any atom is 0.151 e. The number of thiazole rings is 1. The zero-order valence-corrected chi connectivity index (χ0v) is 22.9. The minimum atomic E-state index is -0.574. The third-order valence-corrected chi connectivity index (χ3v) is 8.26. The van der Waals surface area contributed by atoms with Crippen molar-refractivity contribution in [2.24, 2.45) is 0 Å². The zero-order chi connectivity index (χ0) is 26.6. The number of halogens is 1. The molecule has 1 fully saturated rings. The van der Waals surface area contributed by atoms with Gasteiger partial charge in [0.2, 0.25) is 0 Å². The van der Waals surface area contributed by atoms with E-state index in [2.05, 4.69) is 27.1 Å². The Bertz CT molecular complexity index is 1530. The first kappa shape index (κ1) is 26.0. The van der Waals surface area contributed by atoms with Crippen molar-refractivity contribution in [1.29, 1.82) is 0 Å². The van der Waals surface area contributed by atoms with Crippen LogP contribution < -0.4 is 4.74 Å². The first-order chi connectivity index (χ1) is 19.1. The van der Waals surface area contributed by atoms with E-state index in [1.54, 1.807) is 11.3 Å². The Morgan fingerprint density at radius 3 is 2.54 bits per heavy atom. The number of piperazine rings is 1. The Hall–Kier alpha value is -3.27. The lowest BCUT2D eigenvalue weighted by Gasteiger charge is -2.35. The molecule has 0 radical (unpaired) electrons. The minimum Gasteiger partial charge on any atom is -0.491 e. The van der Waals surface area contributed by atoms with Crippen LogP contribution >= 0.6 is 22.9 Å². The van der Waals surface area contributed by atoms with Gasteiger partial charge in [0.05, 0.1) is 21.8 Å². The number of aliphatic hydroxyl groups is 1. The summed E-state index contributed by atoms with van der Waals surface area (Å²) in [5.74, 6) is 1.54. The number of benzene rings is 3. The summed E-state index contributed by atoms with van der Waals surface area (Å²) in [7, 11) is 0. The van der Waals surface area contributed by atoms with E-state index >= 15 is 0 Å². The lowest BCUT2D eigenvalue weighted by Crippen LogP contribution is -2.48. The van der Waals surface area contributed by atoms with E-state index in [1.165, 1.54) is 0 Å². The molecule has 2 aromatic heterocycles. The van der Waals surface area contributed by atoms with Gasteiger partial charge in [0, 0.05) is 56.0 Å². The lowest BCUT2D eigenvalue weighted by atomic mass is 10.1. The Balaban J connectivity index is 0.962. The molecule has 0 amide bonds. The van der Waals surface area contributed by atoms with Crippen molar-refractivity contribution in [2.75, 3.05) is 39.3 Å². The molecule has 3 heterocycles. The summed E-state index contributed by atoms with van der Waals surface area (Å²) in [6.07, 6.45) is -0.574. The van der Waals surface area contributed by atoms with E-state index < -0.39 is 6.10 Å². The molecule has 0 aliphatic carbocycles. The molecular weight excluding hydrogens is 532 g/mol. The van der Waals surface area contributed by atoms with Gasteiger partial charge in [-0.25, -0.2) is 4.98 Å². The molecule has 39 heavy (non-hydrogen) atoms. The largest absolute Gasteiger partial charge is 0.491 e. The van der Waals surface area contributed by atoms with Gasteiger partial charge >= 0.3 is 0 Å². The molecule has 1 atom stereocenters. The Morgan fingerprint density at radius 1 is 0.949 bits per heavy atom. The number of fused-ring (bicyclic) bond motifs is 1. The monoisotopic (exact) mass is 560 g/mol. The SMILES string of the molecule is O[C@@H](COc1ccc2sc(-c3ccccc3)nc2c1)CN1CCN(Cc2cc(-c3ccccc3Cl)no2)CC1. The van der Waals surface area contributed by atoms with Gasteiger partial charge in [-0.3, -0.25) is 9.80 Å². The number of hydrogen-bond acceptors (Lipinski definition) is 8. The predicted octanol–water partition coefficient (Wildman–Crippen LogP) is 5.83. The van der Waals surface area contributed by atoms with Crippen molar-refractivity contribution >= 4 is 33.2 Å². The van der Waals surface area contributed by atoms with Crippen molar-refractivity contribution in [3.8, 4) is 27.6 Å². The van der Waals surface area contributed by atoms with Crippen molar-refractivity contribution < 1.29 is 14.4 Å². The fourth-order valence-electron chi connectivity index (χ4n) is 4.78. The lowest BCUT2D eigenvalue weighted by molar-refractivity contribution is 0.0430. The van der Waals surface area contributed by atoms with Crippen LogP contribution in [0.5, 0.6) is 5.75 Å². The molecule has 1 N–H and O–H groups in total. The van der Waals surface area contributed by atoms with Crippen LogP contribution in [0.25, 0.3) is 32.0 Å². The summed E-state index contributed by atoms with van der Waals surface area (Å²) < 4.78 is 12.6. The van der Waals surface area contributed by atoms with Crippen molar-refractivity contribution in [3.63, 3.8) is 0 Å². The van der Waals surface area contributed by atoms with E-state index in [0.29, 0.717) is 18.1 Å². The van der Waals surface area contributed by atoms with Crippen LogP contribution in [-0.2, 0) is 6.54 Å². The maximum atomic E-state index is 10.6. The Labute approximate surface area is 236 Å². The molecule has 1 aliphatic heterocycles. The van der Waals surface area contributed by atoms with Gasteiger partial charge < -0.3 is 14.4 Å². The third kappa shape index (κ3) is 6.32. The molecule has 7 nitrogen and oxygen atoms in total.